The topological polar surface area (TPSA) is 63.3 Å². The summed E-state index contributed by atoms with van der Waals surface area (Å²) in [6.07, 6.45) is 11.2. The fraction of sp³-hybridized carbons (Fsp3) is 0.933. The molecule has 2 atom stereocenters. The minimum atomic E-state index is -0.731. The number of hydrogen-bond donors (Lipinski definition) is 2. The Balaban J connectivity index is 2.29. The van der Waals surface area contributed by atoms with Gasteiger partial charge in [0.15, 0.2) is 0 Å². The van der Waals surface area contributed by atoms with Gasteiger partial charge in [-0.25, -0.2) is 0 Å². The molecule has 0 spiro atoms. The fourth-order valence-corrected chi connectivity index (χ4v) is 3.16. The van der Waals surface area contributed by atoms with Gasteiger partial charge in [-0.3, -0.25) is 4.79 Å². The van der Waals surface area contributed by atoms with E-state index in [-0.39, 0.29) is 12.5 Å². The first kappa shape index (κ1) is 15.5. The van der Waals surface area contributed by atoms with Crippen LogP contribution in [-0.2, 0) is 4.79 Å². The van der Waals surface area contributed by atoms with Gasteiger partial charge in [-0.15, -0.1) is 0 Å². The average molecular weight is 255 g/mol. The lowest BCUT2D eigenvalue weighted by Crippen LogP contribution is -2.24. The first-order valence-corrected chi connectivity index (χ1v) is 7.60. The minimum Gasteiger partial charge on any atom is -0.481 e. The third-order valence-electron chi connectivity index (χ3n) is 4.53. The average Bonchev–Trinajstić information content (AvgIpc) is 2.38. The largest absolute Gasteiger partial charge is 0.481 e. The molecule has 0 aromatic rings. The number of hydrogen-bond acceptors (Lipinski definition) is 2. The van der Waals surface area contributed by atoms with Gasteiger partial charge < -0.3 is 10.8 Å². The van der Waals surface area contributed by atoms with Crippen molar-refractivity contribution in [3.8, 4) is 0 Å². The highest BCUT2D eigenvalue weighted by molar-refractivity contribution is 5.70. The van der Waals surface area contributed by atoms with Gasteiger partial charge in [-0.1, -0.05) is 45.4 Å². The Morgan fingerprint density at radius 3 is 2.44 bits per heavy atom. The third kappa shape index (κ3) is 5.38. The van der Waals surface area contributed by atoms with E-state index in [2.05, 4.69) is 6.92 Å². The van der Waals surface area contributed by atoms with Gasteiger partial charge in [0.05, 0.1) is 5.92 Å². The van der Waals surface area contributed by atoms with E-state index >= 15 is 0 Å². The Bertz CT molecular complexity index is 237. The molecule has 0 amide bonds. The molecule has 3 N–H and O–H groups in total. The molecule has 1 saturated carbocycles. The van der Waals surface area contributed by atoms with Crippen LogP contribution in [0, 0.1) is 17.8 Å². The van der Waals surface area contributed by atoms with Crippen LogP contribution in [0.15, 0.2) is 0 Å². The SMILES string of the molecule is CCC(CCC(CN)C(=O)O)CC1CCCCC1. The molecule has 0 heterocycles. The van der Waals surface area contributed by atoms with Crippen molar-refractivity contribution < 1.29 is 9.90 Å². The van der Waals surface area contributed by atoms with Crippen LogP contribution < -0.4 is 5.73 Å². The van der Waals surface area contributed by atoms with Gasteiger partial charge in [-0.2, -0.15) is 0 Å². The third-order valence-corrected chi connectivity index (χ3v) is 4.53. The molecule has 1 aliphatic carbocycles. The number of carbonyl (C=O) groups is 1. The molecular formula is C15H29NO2. The second-order valence-electron chi connectivity index (χ2n) is 5.86. The van der Waals surface area contributed by atoms with Gasteiger partial charge in [0, 0.05) is 6.54 Å². The Labute approximate surface area is 111 Å². The molecule has 1 aliphatic rings. The monoisotopic (exact) mass is 255 g/mol. The highest BCUT2D eigenvalue weighted by Gasteiger charge is 2.21. The van der Waals surface area contributed by atoms with Crippen LogP contribution in [0.2, 0.25) is 0 Å². The van der Waals surface area contributed by atoms with Gasteiger partial charge in [0.2, 0.25) is 0 Å². The Morgan fingerprint density at radius 1 is 1.28 bits per heavy atom. The molecule has 106 valence electrons. The predicted molar refractivity (Wildman–Crippen MR) is 74.4 cm³/mol. The molecular weight excluding hydrogens is 226 g/mol. The maximum absolute atomic E-state index is 10.9. The highest BCUT2D eigenvalue weighted by atomic mass is 16.4. The summed E-state index contributed by atoms with van der Waals surface area (Å²) >= 11 is 0. The summed E-state index contributed by atoms with van der Waals surface area (Å²) in [7, 11) is 0. The van der Waals surface area contributed by atoms with Crippen molar-refractivity contribution in [3.63, 3.8) is 0 Å². The zero-order valence-corrected chi connectivity index (χ0v) is 11.7. The predicted octanol–water partition coefficient (Wildman–Crippen LogP) is 3.42. The molecule has 0 aliphatic heterocycles. The van der Waals surface area contributed by atoms with Crippen molar-refractivity contribution >= 4 is 5.97 Å². The maximum Gasteiger partial charge on any atom is 0.307 e. The zero-order valence-electron chi connectivity index (χ0n) is 11.7. The summed E-state index contributed by atoms with van der Waals surface area (Å²) in [5, 5.41) is 9.00. The van der Waals surface area contributed by atoms with Crippen LogP contribution in [0.1, 0.15) is 64.7 Å². The van der Waals surface area contributed by atoms with Crippen LogP contribution in [0.5, 0.6) is 0 Å². The summed E-state index contributed by atoms with van der Waals surface area (Å²) in [4.78, 5) is 10.9. The number of carboxylic acids is 1. The summed E-state index contributed by atoms with van der Waals surface area (Å²) in [6, 6.07) is 0. The number of aliphatic carboxylic acids is 1. The summed E-state index contributed by atoms with van der Waals surface area (Å²) < 4.78 is 0. The summed E-state index contributed by atoms with van der Waals surface area (Å²) in [5.41, 5.74) is 5.50. The molecule has 0 bridgehead atoms. The highest BCUT2D eigenvalue weighted by Crippen LogP contribution is 2.32. The summed E-state index contributed by atoms with van der Waals surface area (Å²) in [5.74, 6) is 0.516. The first-order valence-electron chi connectivity index (χ1n) is 7.60. The Morgan fingerprint density at radius 2 is 1.94 bits per heavy atom. The molecule has 0 aromatic carbocycles. The standard InChI is InChI=1S/C15H29NO2/c1-2-12(8-9-14(11-16)15(17)18)10-13-6-4-3-5-7-13/h12-14H,2-11,16H2,1H3,(H,17,18). The molecule has 1 fully saturated rings. The van der Waals surface area contributed by atoms with Gasteiger partial charge in [0.25, 0.3) is 0 Å². The van der Waals surface area contributed by atoms with Crippen LogP contribution in [0.4, 0.5) is 0 Å². The van der Waals surface area contributed by atoms with Crippen molar-refractivity contribution in [3.05, 3.63) is 0 Å². The molecule has 18 heavy (non-hydrogen) atoms. The molecule has 1 rings (SSSR count). The number of carboxylic acid groups (broad SMARTS) is 1. The van der Waals surface area contributed by atoms with E-state index in [1.807, 2.05) is 0 Å². The second-order valence-corrected chi connectivity index (χ2v) is 5.86. The van der Waals surface area contributed by atoms with E-state index in [9.17, 15) is 4.79 Å². The molecule has 0 radical (unpaired) electrons. The smallest absolute Gasteiger partial charge is 0.307 e. The van der Waals surface area contributed by atoms with Crippen LogP contribution in [-0.4, -0.2) is 17.6 Å². The maximum atomic E-state index is 10.9. The van der Waals surface area contributed by atoms with E-state index in [1.54, 1.807) is 0 Å². The quantitative estimate of drug-likeness (QED) is 0.698. The molecule has 0 aromatic heterocycles. The van der Waals surface area contributed by atoms with Gasteiger partial charge >= 0.3 is 5.97 Å². The van der Waals surface area contributed by atoms with E-state index in [4.69, 9.17) is 10.8 Å². The fourth-order valence-electron chi connectivity index (χ4n) is 3.16. The van der Waals surface area contributed by atoms with E-state index in [0.717, 1.165) is 18.8 Å². The lowest BCUT2D eigenvalue weighted by atomic mass is 9.80. The molecule has 0 saturated heterocycles. The number of rotatable bonds is 8. The minimum absolute atomic E-state index is 0.273. The Hall–Kier alpha value is -0.570. The first-order chi connectivity index (χ1) is 8.67. The van der Waals surface area contributed by atoms with Crippen molar-refractivity contribution in [2.24, 2.45) is 23.5 Å². The molecule has 3 heteroatoms. The second kappa shape index (κ2) is 8.52. The lowest BCUT2D eigenvalue weighted by Gasteiger charge is -2.26. The molecule has 3 nitrogen and oxygen atoms in total. The van der Waals surface area contributed by atoms with Crippen molar-refractivity contribution in [1.29, 1.82) is 0 Å². The van der Waals surface area contributed by atoms with Crippen LogP contribution in [0.25, 0.3) is 0 Å². The van der Waals surface area contributed by atoms with Crippen LogP contribution in [0.3, 0.4) is 0 Å². The van der Waals surface area contributed by atoms with E-state index in [0.29, 0.717) is 5.92 Å². The van der Waals surface area contributed by atoms with E-state index < -0.39 is 5.97 Å². The van der Waals surface area contributed by atoms with Gasteiger partial charge in [-0.05, 0) is 31.1 Å². The summed E-state index contributed by atoms with van der Waals surface area (Å²) in [6.45, 7) is 2.50. The molecule has 2 unspecified atom stereocenters. The van der Waals surface area contributed by atoms with Crippen molar-refractivity contribution in [1.82, 2.24) is 0 Å². The Kier molecular flexibility index (Phi) is 7.33. The van der Waals surface area contributed by atoms with Crippen molar-refractivity contribution in [2.75, 3.05) is 6.54 Å². The van der Waals surface area contributed by atoms with Gasteiger partial charge in [0.1, 0.15) is 0 Å². The lowest BCUT2D eigenvalue weighted by molar-refractivity contribution is -0.141. The van der Waals surface area contributed by atoms with E-state index in [1.165, 1.54) is 44.9 Å². The number of nitrogens with two attached hydrogens (primary N) is 1. The normalized spacial score (nSPS) is 20.6. The van der Waals surface area contributed by atoms with Crippen molar-refractivity contribution in [2.45, 2.75) is 64.7 Å². The zero-order chi connectivity index (χ0) is 13.4. The van der Waals surface area contributed by atoms with Crippen LogP contribution >= 0.6 is 0 Å².